The molecule has 0 amide bonds. The Bertz CT molecular complexity index is 439. The summed E-state index contributed by atoms with van der Waals surface area (Å²) in [4.78, 5) is 5.06. The van der Waals surface area contributed by atoms with Crippen LogP contribution in [0.4, 0.5) is 5.69 Å². The maximum Gasteiger partial charge on any atom is 0.0513 e. The number of para-hydroxylation sites is 1. The zero-order valence-corrected chi connectivity index (χ0v) is 13.0. The molecule has 2 aliphatic rings. The number of rotatable bonds is 4. The van der Waals surface area contributed by atoms with Crippen LogP contribution in [0.15, 0.2) is 30.3 Å². The highest BCUT2D eigenvalue weighted by molar-refractivity contribution is 5.46. The molecule has 0 aromatic heterocycles. The maximum atomic E-state index is 6.15. The minimum absolute atomic E-state index is 0.0826. The lowest BCUT2D eigenvalue weighted by atomic mass is 9.82. The van der Waals surface area contributed by atoms with Crippen LogP contribution < -0.4 is 10.6 Å². The second-order valence-electron chi connectivity index (χ2n) is 6.43. The van der Waals surface area contributed by atoms with E-state index in [9.17, 15) is 0 Å². The van der Waals surface area contributed by atoms with Crippen molar-refractivity contribution in [3.63, 3.8) is 0 Å². The molecule has 2 unspecified atom stereocenters. The third kappa shape index (κ3) is 2.93. The van der Waals surface area contributed by atoms with Crippen molar-refractivity contribution >= 4 is 5.69 Å². The average molecular weight is 289 g/mol. The molecule has 2 aliphatic heterocycles. The van der Waals surface area contributed by atoms with E-state index in [-0.39, 0.29) is 5.54 Å². The first kappa shape index (κ1) is 14.8. The molecule has 116 valence electrons. The first-order valence-corrected chi connectivity index (χ1v) is 8.07. The van der Waals surface area contributed by atoms with Crippen LogP contribution in [0.3, 0.4) is 0 Å². The molecule has 2 atom stereocenters. The van der Waals surface area contributed by atoms with Gasteiger partial charge in [-0.05, 0) is 25.5 Å². The molecule has 4 nitrogen and oxygen atoms in total. The lowest BCUT2D eigenvalue weighted by molar-refractivity contribution is 0.0407. The number of benzene rings is 1. The van der Waals surface area contributed by atoms with Crippen LogP contribution in [-0.4, -0.2) is 56.4 Å². The third-order valence-corrected chi connectivity index (χ3v) is 5.35. The van der Waals surface area contributed by atoms with Gasteiger partial charge in [0.2, 0.25) is 0 Å². The molecular weight excluding hydrogens is 262 g/mol. The molecule has 1 aromatic carbocycles. The van der Waals surface area contributed by atoms with Crippen LogP contribution >= 0.6 is 0 Å². The molecule has 2 saturated heterocycles. The summed E-state index contributed by atoms with van der Waals surface area (Å²) in [5.74, 6) is 0.575. The molecule has 0 bridgehead atoms. The number of nitrogens with two attached hydrogens (primary N) is 1. The molecule has 1 aromatic rings. The van der Waals surface area contributed by atoms with Crippen molar-refractivity contribution in [2.24, 2.45) is 11.7 Å². The van der Waals surface area contributed by atoms with E-state index in [1.165, 1.54) is 5.69 Å². The summed E-state index contributed by atoms with van der Waals surface area (Å²) in [6, 6.07) is 10.7. The van der Waals surface area contributed by atoms with E-state index in [0.29, 0.717) is 12.5 Å². The summed E-state index contributed by atoms with van der Waals surface area (Å²) in [5.41, 5.74) is 7.56. The summed E-state index contributed by atoms with van der Waals surface area (Å²) in [6.45, 7) is 9.12. The number of hydrogen-bond acceptors (Lipinski definition) is 4. The normalized spacial score (nSPS) is 26.8. The number of anilines is 1. The fourth-order valence-corrected chi connectivity index (χ4v) is 3.69. The van der Waals surface area contributed by atoms with Crippen molar-refractivity contribution in [3.05, 3.63) is 30.3 Å². The SMILES string of the molecule is CC(CN)(C1CCOC1)N1CCN(c2ccccc2)CC1. The van der Waals surface area contributed by atoms with Crippen LogP contribution in [0.2, 0.25) is 0 Å². The van der Waals surface area contributed by atoms with E-state index in [2.05, 4.69) is 47.1 Å². The predicted molar refractivity (Wildman–Crippen MR) is 86.6 cm³/mol. The van der Waals surface area contributed by atoms with Gasteiger partial charge in [-0.1, -0.05) is 18.2 Å². The van der Waals surface area contributed by atoms with Gasteiger partial charge in [-0.2, -0.15) is 0 Å². The number of piperazine rings is 1. The molecular formula is C17H27N3O. The standard InChI is InChI=1S/C17H27N3O/c1-17(14-18,15-7-12-21-13-15)20-10-8-19(9-11-20)16-5-3-2-4-6-16/h2-6,15H,7-14,18H2,1H3. The molecule has 21 heavy (non-hydrogen) atoms. The van der Waals surface area contributed by atoms with Crippen LogP contribution in [0, 0.1) is 5.92 Å². The van der Waals surface area contributed by atoms with Gasteiger partial charge in [0.05, 0.1) is 6.61 Å². The zero-order chi connectivity index (χ0) is 14.7. The number of hydrogen-bond donors (Lipinski definition) is 1. The average Bonchev–Trinajstić information content (AvgIpc) is 3.10. The van der Waals surface area contributed by atoms with E-state index in [1.807, 2.05) is 0 Å². The number of nitrogens with zero attached hydrogens (tertiary/aromatic N) is 2. The van der Waals surface area contributed by atoms with Crippen LogP contribution in [0.5, 0.6) is 0 Å². The van der Waals surface area contributed by atoms with Crippen molar-refractivity contribution < 1.29 is 4.74 Å². The van der Waals surface area contributed by atoms with Gasteiger partial charge in [0.25, 0.3) is 0 Å². The largest absolute Gasteiger partial charge is 0.381 e. The van der Waals surface area contributed by atoms with E-state index in [1.54, 1.807) is 0 Å². The van der Waals surface area contributed by atoms with Gasteiger partial charge in [0.15, 0.2) is 0 Å². The quantitative estimate of drug-likeness (QED) is 0.913. The van der Waals surface area contributed by atoms with Crippen LogP contribution in [-0.2, 0) is 4.74 Å². The predicted octanol–water partition coefficient (Wildman–Crippen LogP) is 1.56. The Morgan fingerprint density at radius 1 is 1.19 bits per heavy atom. The minimum atomic E-state index is 0.0826. The number of ether oxygens (including phenoxy) is 1. The van der Waals surface area contributed by atoms with Gasteiger partial charge in [-0.15, -0.1) is 0 Å². The molecule has 0 aliphatic carbocycles. The van der Waals surface area contributed by atoms with Crippen LogP contribution in [0.1, 0.15) is 13.3 Å². The van der Waals surface area contributed by atoms with Gasteiger partial charge >= 0.3 is 0 Å². The fraction of sp³-hybridized carbons (Fsp3) is 0.647. The Balaban J connectivity index is 1.64. The molecule has 0 saturated carbocycles. The topological polar surface area (TPSA) is 41.7 Å². The van der Waals surface area contributed by atoms with Crippen LogP contribution in [0.25, 0.3) is 0 Å². The fourth-order valence-electron chi connectivity index (χ4n) is 3.69. The Kier molecular flexibility index (Phi) is 4.48. The molecule has 0 spiro atoms. The summed E-state index contributed by atoms with van der Waals surface area (Å²) >= 11 is 0. The van der Waals surface area contributed by atoms with E-state index < -0.39 is 0 Å². The van der Waals surface area contributed by atoms with Crippen molar-refractivity contribution in [3.8, 4) is 0 Å². The third-order valence-electron chi connectivity index (χ3n) is 5.35. The van der Waals surface area contributed by atoms with Gasteiger partial charge in [0, 0.05) is 56.5 Å². The molecule has 2 fully saturated rings. The first-order valence-electron chi connectivity index (χ1n) is 8.07. The van der Waals surface area contributed by atoms with Gasteiger partial charge in [-0.3, -0.25) is 4.90 Å². The van der Waals surface area contributed by atoms with Gasteiger partial charge in [0.1, 0.15) is 0 Å². The van der Waals surface area contributed by atoms with E-state index in [0.717, 1.165) is 45.8 Å². The van der Waals surface area contributed by atoms with E-state index >= 15 is 0 Å². The Labute approximate surface area is 127 Å². The van der Waals surface area contributed by atoms with Crippen molar-refractivity contribution in [2.75, 3.05) is 50.8 Å². The Hall–Kier alpha value is -1.10. The molecule has 2 N–H and O–H groups in total. The van der Waals surface area contributed by atoms with Crippen molar-refractivity contribution in [2.45, 2.75) is 18.9 Å². The smallest absolute Gasteiger partial charge is 0.0513 e. The lowest BCUT2D eigenvalue weighted by Gasteiger charge is -2.48. The Morgan fingerprint density at radius 3 is 2.48 bits per heavy atom. The summed E-state index contributed by atoms with van der Waals surface area (Å²) in [7, 11) is 0. The summed E-state index contributed by atoms with van der Waals surface area (Å²) in [5, 5.41) is 0. The van der Waals surface area contributed by atoms with Gasteiger partial charge in [-0.25, -0.2) is 0 Å². The molecule has 2 heterocycles. The van der Waals surface area contributed by atoms with Crippen molar-refractivity contribution in [1.82, 2.24) is 4.90 Å². The molecule has 3 rings (SSSR count). The summed E-state index contributed by atoms with van der Waals surface area (Å²) < 4.78 is 5.59. The Morgan fingerprint density at radius 2 is 1.90 bits per heavy atom. The monoisotopic (exact) mass is 289 g/mol. The second-order valence-corrected chi connectivity index (χ2v) is 6.43. The second kappa shape index (κ2) is 6.34. The molecule has 0 radical (unpaired) electrons. The maximum absolute atomic E-state index is 6.15. The highest BCUT2D eigenvalue weighted by Gasteiger charge is 2.41. The first-order chi connectivity index (χ1) is 10.2. The highest BCUT2D eigenvalue weighted by Crippen LogP contribution is 2.32. The molecule has 4 heteroatoms. The van der Waals surface area contributed by atoms with Crippen molar-refractivity contribution in [1.29, 1.82) is 0 Å². The zero-order valence-electron chi connectivity index (χ0n) is 13.0. The summed E-state index contributed by atoms with van der Waals surface area (Å²) in [6.07, 6.45) is 1.15. The van der Waals surface area contributed by atoms with E-state index in [4.69, 9.17) is 10.5 Å². The minimum Gasteiger partial charge on any atom is -0.381 e. The lowest BCUT2D eigenvalue weighted by Crippen LogP contribution is -2.62. The van der Waals surface area contributed by atoms with Gasteiger partial charge < -0.3 is 15.4 Å². The highest BCUT2D eigenvalue weighted by atomic mass is 16.5.